The molecule has 1 heterocycles. The molecule has 1 aliphatic rings. The summed E-state index contributed by atoms with van der Waals surface area (Å²) in [6.07, 6.45) is -14.4. The third-order valence-corrected chi connectivity index (χ3v) is 3.44. The molecule has 1 fully saturated rings. The van der Waals surface area contributed by atoms with Crippen molar-refractivity contribution < 1.29 is 50.0 Å². The van der Waals surface area contributed by atoms with Gasteiger partial charge in [-0.1, -0.05) is 0 Å². The van der Waals surface area contributed by atoms with Crippen LogP contribution in [0.3, 0.4) is 0 Å². The highest BCUT2D eigenvalue weighted by molar-refractivity contribution is 5.56. The third kappa shape index (κ3) is 4.19. The van der Waals surface area contributed by atoms with E-state index in [9.17, 15) is 35.4 Å². The summed E-state index contributed by atoms with van der Waals surface area (Å²) in [5.74, 6) is 0. The smallest absolute Gasteiger partial charge is 0.187 e. The summed E-state index contributed by atoms with van der Waals surface area (Å²) in [5.41, 5.74) is 0. The predicted octanol–water partition coefficient (Wildman–Crippen LogP) is -4.53. The standard InChI is InChI=1S/C12H22O10/c1-4(15)11(7(17)5(16)2-13)22-12-10(20)9(19)8(18)6(3-14)21-12/h2,4-12,14-20H,3H2,1H3/t4-,5-,6+,7-,8+,9-,10+,11-,12+/m0/s1. The molecule has 9 atom stereocenters. The molecule has 0 aliphatic carbocycles. The first-order valence-electron chi connectivity index (χ1n) is 6.70. The summed E-state index contributed by atoms with van der Waals surface area (Å²) in [4.78, 5) is 10.5. The van der Waals surface area contributed by atoms with E-state index in [1.165, 1.54) is 6.92 Å². The summed E-state index contributed by atoms with van der Waals surface area (Å²) in [7, 11) is 0. The molecule has 22 heavy (non-hydrogen) atoms. The molecule has 0 aromatic carbocycles. The Bertz CT molecular complexity index is 349. The van der Waals surface area contributed by atoms with Gasteiger partial charge in [0.25, 0.3) is 0 Å². The van der Waals surface area contributed by atoms with Crippen LogP contribution in [0.25, 0.3) is 0 Å². The van der Waals surface area contributed by atoms with Gasteiger partial charge in [-0.25, -0.2) is 0 Å². The molecule has 130 valence electrons. The van der Waals surface area contributed by atoms with Gasteiger partial charge < -0.3 is 50.0 Å². The van der Waals surface area contributed by atoms with Crippen LogP contribution in [0.2, 0.25) is 0 Å². The van der Waals surface area contributed by atoms with Crippen LogP contribution >= 0.6 is 0 Å². The zero-order valence-electron chi connectivity index (χ0n) is 11.8. The molecule has 10 nitrogen and oxygen atoms in total. The van der Waals surface area contributed by atoms with Crippen molar-refractivity contribution in [2.75, 3.05) is 6.61 Å². The molecule has 0 aromatic heterocycles. The summed E-state index contributed by atoms with van der Waals surface area (Å²) in [6, 6.07) is 0. The Hall–Kier alpha value is -0.690. The molecule has 0 radical (unpaired) electrons. The maximum atomic E-state index is 10.5. The monoisotopic (exact) mass is 326 g/mol. The minimum Gasteiger partial charge on any atom is -0.394 e. The Morgan fingerprint density at radius 2 is 1.73 bits per heavy atom. The van der Waals surface area contributed by atoms with E-state index in [1.807, 2.05) is 0 Å². The van der Waals surface area contributed by atoms with Crippen LogP contribution in [-0.4, -0.2) is 104 Å². The van der Waals surface area contributed by atoms with E-state index in [0.717, 1.165) is 0 Å². The quantitative estimate of drug-likeness (QED) is 0.225. The lowest BCUT2D eigenvalue weighted by Crippen LogP contribution is -2.61. The van der Waals surface area contributed by atoms with Gasteiger partial charge in [0.05, 0.1) is 12.7 Å². The topological polar surface area (TPSA) is 177 Å². The van der Waals surface area contributed by atoms with E-state index < -0.39 is 61.7 Å². The molecular formula is C12H22O10. The summed E-state index contributed by atoms with van der Waals surface area (Å²) in [6.45, 7) is 0.527. The van der Waals surface area contributed by atoms with Crippen LogP contribution in [-0.2, 0) is 14.3 Å². The molecule has 1 aliphatic heterocycles. The van der Waals surface area contributed by atoms with Gasteiger partial charge in [0.15, 0.2) is 12.6 Å². The van der Waals surface area contributed by atoms with Gasteiger partial charge >= 0.3 is 0 Å². The van der Waals surface area contributed by atoms with Crippen molar-refractivity contribution in [1.29, 1.82) is 0 Å². The molecule has 1 rings (SSSR count). The fourth-order valence-electron chi connectivity index (χ4n) is 2.09. The maximum absolute atomic E-state index is 10.5. The fraction of sp³-hybridized carbons (Fsp3) is 0.917. The van der Waals surface area contributed by atoms with E-state index in [4.69, 9.17) is 14.6 Å². The number of aldehydes is 1. The minimum atomic E-state index is -1.84. The van der Waals surface area contributed by atoms with Crippen LogP contribution < -0.4 is 0 Å². The Labute approximate surface area is 126 Å². The first-order valence-corrected chi connectivity index (χ1v) is 6.70. The average molecular weight is 326 g/mol. The second kappa shape index (κ2) is 8.24. The third-order valence-electron chi connectivity index (χ3n) is 3.44. The van der Waals surface area contributed by atoms with Crippen molar-refractivity contribution in [3.8, 4) is 0 Å². The lowest BCUT2D eigenvalue weighted by Gasteiger charge is -2.41. The van der Waals surface area contributed by atoms with Gasteiger partial charge in [0, 0.05) is 0 Å². The van der Waals surface area contributed by atoms with E-state index >= 15 is 0 Å². The van der Waals surface area contributed by atoms with Crippen molar-refractivity contribution >= 4 is 6.29 Å². The molecule has 0 saturated carbocycles. The Kier molecular flexibility index (Phi) is 7.25. The molecule has 0 bridgehead atoms. The number of aliphatic hydroxyl groups is 7. The van der Waals surface area contributed by atoms with Crippen molar-refractivity contribution in [2.45, 2.75) is 62.0 Å². The number of hydrogen-bond acceptors (Lipinski definition) is 10. The van der Waals surface area contributed by atoms with Gasteiger partial charge in [-0.15, -0.1) is 0 Å². The highest BCUT2D eigenvalue weighted by Crippen LogP contribution is 2.24. The lowest BCUT2D eigenvalue weighted by molar-refractivity contribution is -0.324. The van der Waals surface area contributed by atoms with Gasteiger partial charge in [-0.3, -0.25) is 0 Å². The molecule has 0 unspecified atom stereocenters. The van der Waals surface area contributed by atoms with Gasteiger partial charge in [-0.2, -0.15) is 0 Å². The van der Waals surface area contributed by atoms with E-state index in [-0.39, 0.29) is 6.29 Å². The molecule has 0 aromatic rings. The Morgan fingerprint density at radius 1 is 1.14 bits per heavy atom. The summed E-state index contributed by atoms with van der Waals surface area (Å²) in [5, 5.41) is 66.7. The molecule has 7 N–H and O–H groups in total. The maximum Gasteiger partial charge on any atom is 0.187 e. The lowest BCUT2D eigenvalue weighted by atomic mass is 9.98. The van der Waals surface area contributed by atoms with Crippen LogP contribution in [0.1, 0.15) is 6.92 Å². The normalized spacial score (nSPS) is 38.1. The van der Waals surface area contributed by atoms with Crippen molar-refractivity contribution in [1.82, 2.24) is 0 Å². The van der Waals surface area contributed by atoms with Crippen LogP contribution in [0.4, 0.5) is 0 Å². The number of rotatable bonds is 7. The number of carbonyl (C=O) groups excluding carboxylic acids is 1. The van der Waals surface area contributed by atoms with Crippen molar-refractivity contribution in [3.05, 3.63) is 0 Å². The minimum absolute atomic E-state index is 0.0384. The van der Waals surface area contributed by atoms with Crippen molar-refractivity contribution in [2.24, 2.45) is 0 Å². The molecule has 10 heteroatoms. The van der Waals surface area contributed by atoms with Crippen LogP contribution in [0.5, 0.6) is 0 Å². The second-order valence-corrected chi connectivity index (χ2v) is 5.16. The van der Waals surface area contributed by atoms with Crippen molar-refractivity contribution in [3.63, 3.8) is 0 Å². The molecular weight excluding hydrogens is 304 g/mol. The highest BCUT2D eigenvalue weighted by atomic mass is 16.7. The van der Waals surface area contributed by atoms with E-state index in [1.54, 1.807) is 0 Å². The number of hydrogen-bond donors (Lipinski definition) is 7. The first-order chi connectivity index (χ1) is 10.2. The fourth-order valence-corrected chi connectivity index (χ4v) is 2.09. The number of ether oxygens (including phenoxy) is 2. The molecule has 0 amide bonds. The zero-order valence-corrected chi connectivity index (χ0v) is 11.8. The molecule has 1 saturated heterocycles. The Balaban J connectivity index is 2.85. The van der Waals surface area contributed by atoms with Gasteiger partial charge in [0.2, 0.25) is 0 Å². The SMILES string of the molecule is C[C@H](O)[C@H](O[C@H]1O[C@H](CO)[C@@H](O)[C@H](O)[C@H]1O)[C@@H](O)[C@@H](O)C=O. The number of carbonyl (C=O) groups is 1. The molecule has 0 spiro atoms. The van der Waals surface area contributed by atoms with Gasteiger partial charge in [0.1, 0.15) is 42.7 Å². The second-order valence-electron chi connectivity index (χ2n) is 5.16. The first kappa shape index (κ1) is 19.4. The van der Waals surface area contributed by atoms with Crippen LogP contribution in [0.15, 0.2) is 0 Å². The van der Waals surface area contributed by atoms with Gasteiger partial charge in [-0.05, 0) is 6.92 Å². The van der Waals surface area contributed by atoms with E-state index in [0.29, 0.717) is 0 Å². The Morgan fingerprint density at radius 3 is 2.18 bits per heavy atom. The predicted molar refractivity (Wildman–Crippen MR) is 68.4 cm³/mol. The highest BCUT2D eigenvalue weighted by Gasteiger charge is 2.46. The summed E-state index contributed by atoms with van der Waals surface area (Å²) < 4.78 is 10.2. The van der Waals surface area contributed by atoms with Crippen LogP contribution in [0, 0.1) is 0 Å². The average Bonchev–Trinajstić information content (AvgIpc) is 2.50. The van der Waals surface area contributed by atoms with E-state index in [2.05, 4.69) is 0 Å². The summed E-state index contributed by atoms with van der Waals surface area (Å²) >= 11 is 0. The largest absolute Gasteiger partial charge is 0.394 e. The number of aliphatic hydroxyl groups excluding tert-OH is 7. The zero-order chi connectivity index (χ0) is 17.0.